The zero-order valence-electron chi connectivity index (χ0n) is 17.0. The van der Waals surface area contributed by atoms with E-state index < -0.39 is 0 Å². The van der Waals surface area contributed by atoms with Gasteiger partial charge in [-0.1, -0.05) is 56.3 Å². The van der Waals surface area contributed by atoms with Gasteiger partial charge in [-0.3, -0.25) is 0 Å². The number of hydrogen-bond acceptors (Lipinski definition) is 4. The van der Waals surface area contributed by atoms with Crippen molar-refractivity contribution in [3.63, 3.8) is 0 Å². The lowest BCUT2D eigenvalue weighted by molar-refractivity contribution is 0.262. The summed E-state index contributed by atoms with van der Waals surface area (Å²) in [6.07, 6.45) is 2.75. The largest absolute Gasteiger partial charge is 0.339 e. The Morgan fingerprint density at radius 2 is 1.79 bits per heavy atom. The SMILES string of the molecule is CC(C)(C)c1ccc(NC(=O)Nc2ccccc2Cc2nc(C3CC3)no2)cc1. The smallest absolute Gasteiger partial charge is 0.323 e. The molecule has 0 saturated heterocycles. The van der Waals surface area contributed by atoms with Gasteiger partial charge in [0.2, 0.25) is 5.89 Å². The van der Waals surface area contributed by atoms with E-state index in [1.807, 2.05) is 48.5 Å². The molecule has 4 rings (SSSR count). The lowest BCUT2D eigenvalue weighted by Crippen LogP contribution is -2.20. The molecular weight excluding hydrogens is 364 g/mol. The van der Waals surface area contributed by atoms with Crippen molar-refractivity contribution in [2.75, 3.05) is 10.6 Å². The van der Waals surface area contributed by atoms with Crippen molar-refractivity contribution in [1.29, 1.82) is 0 Å². The third kappa shape index (κ3) is 4.83. The highest BCUT2D eigenvalue weighted by Crippen LogP contribution is 2.38. The first-order valence-electron chi connectivity index (χ1n) is 9.97. The zero-order valence-corrected chi connectivity index (χ0v) is 17.0. The molecule has 1 aliphatic rings. The van der Waals surface area contributed by atoms with Crippen molar-refractivity contribution < 1.29 is 9.32 Å². The molecule has 0 aliphatic heterocycles. The Labute approximate surface area is 170 Å². The number of carbonyl (C=O) groups is 1. The van der Waals surface area contributed by atoms with E-state index in [9.17, 15) is 4.79 Å². The van der Waals surface area contributed by atoms with E-state index in [0.29, 0.717) is 18.2 Å². The highest BCUT2D eigenvalue weighted by Gasteiger charge is 2.28. The van der Waals surface area contributed by atoms with E-state index in [2.05, 4.69) is 41.5 Å². The van der Waals surface area contributed by atoms with Crippen LogP contribution in [0.25, 0.3) is 0 Å². The third-order valence-corrected chi connectivity index (χ3v) is 5.04. The van der Waals surface area contributed by atoms with Gasteiger partial charge < -0.3 is 15.2 Å². The van der Waals surface area contributed by atoms with Crippen LogP contribution in [0.5, 0.6) is 0 Å². The van der Waals surface area contributed by atoms with E-state index in [4.69, 9.17) is 4.52 Å². The van der Waals surface area contributed by atoms with Gasteiger partial charge in [0.15, 0.2) is 5.82 Å². The summed E-state index contributed by atoms with van der Waals surface area (Å²) in [5, 5.41) is 9.87. The summed E-state index contributed by atoms with van der Waals surface area (Å²) >= 11 is 0. The van der Waals surface area contributed by atoms with Gasteiger partial charge in [0, 0.05) is 17.3 Å². The molecule has 1 aromatic heterocycles. The van der Waals surface area contributed by atoms with Gasteiger partial charge in [0.25, 0.3) is 0 Å². The van der Waals surface area contributed by atoms with Gasteiger partial charge in [0.05, 0.1) is 6.42 Å². The monoisotopic (exact) mass is 390 g/mol. The van der Waals surface area contributed by atoms with Crippen LogP contribution in [0, 0.1) is 0 Å². The molecule has 0 unspecified atom stereocenters. The van der Waals surface area contributed by atoms with Crippen LogP contribution in [0.2, 0.25) is 0 Å². The average Bonchev–Trinajstić information content (AvgIpc) is 3.42. The van der Waals surface area contributed by atoms with Crippen LogP contribution in [0.1, 0.15) is 62.4 Å². The summed E-state index contributed by atoms with van der Waals surface area (Å²) in [5.41, 5.74) is 3.70. The first-order valence-corrected chi connectivity index (χ1v) is 9.97. The summed E-state index contributed by atoms with van der Waals surface area (Å²) in [4.78, 5) is 17.0. The van der Waals surface area contributed by atoms with Gasteiger partial charge in [0.1, 0.15) is 0 Å². The number of aromatic nitrogens is 2. The quantitative estimate of drug-likeness (QED) is 0.604. The van der Waals surface area contributed by atoms with E-state index in [0.717, 1.165) is 35.6 Å². The fourth-order valence-corrected chi connectivity index (χ4v) is 3.14. The summed E-state index contributed by atoms with van der Waals surface area (Å²) < 4.78 is 5.37. The minimum Gasteiger partial charge on any atom is -0.339 e. The molecule has 6 nitrogen and oxygen atoms in total. The Bertz CT molecular complexity index is 998. The molecule has 2 N–H and O–H groups in total. The Morgan fingerprint density at radius 3 is 2.48 bits per heavy atom. The fourth-order valence-electron chi connectivity index (χ4n) is 3.14. The van der Waals surface area contributed by atoms with Crippen molar-refractivity contribution in [3.05, 3.63) is 71.4 Å². The van der Waals surface area contributed by atoms with E-state index >= 15 is 0 Å². The van der Waals surface area contributed by atoms with Crippen LogP contribution in [0.3, 0.4) is 0 Å². The second-order valence-electron chi connectivity index (χ2n) is 8.56. The average molecular weight is 390 g/mol. The zero-order chi connectivity index (χ0) is 20.4. The number of urea groups is 1. The van der Waals surface area contributed by atoms with Crippen molar-refractivity contribution in [1.82, 2.24) is 10.1 Å². The molecule has 0 bridgehead atoms. The topological polar surface area (TPSA) is 80.0 Å². The Hall–Kier alpha value is -3.15. The first-order chi connectivity index (χ1) is 13.9. The molecule has 1 saturated carbocycles. The molecular formula is C23H26N4O2. The number of anilines is 2. The predicted molar refractivity (Wildman–Crippen MR) is 113 cm³/mol. The normalized spacial score (nSPS) is 13.9. The molecule has 6 heteroatoms. The highest BCUT2D eigenvalue weighted by molar-refractivity contribution is 6.00. The van der Waals surface area contributed by atoms with Crippen molar-refractivity contribution in [2.45, 2.75) is 51.4 Å². The number of carbonyl (C=O) groups excluding carboxylic acids is 1. The van der Waals surface area contributed by atoms with Crippen molar-refractivity contribution in [2.24, 2.45) is 0 Å². The second-order valence-corrected chi connectivity index (χ2v) is 8.56. The summed E-state index contributed by atoms with van der Waals surface area (Å²) in [6, 6.07) is 15.3. The predicted octanol–water partition coefficient (Wildman–Crippen LogP) is 5.48. The molecule has 2 amide bonds. The number of nitrogens with one attached hydrogen (secondary N) is 2. The molecule has 1 heterocycles. The minimum absolute atomic E-state index is 0.0772. The molecule has 1 aliphatic carbocycles. The summed E-state index contributed by atoms with van der Waals surface area (Å²) in [6.45, 7) is 6.49. The van der Waals surface area contributed by atoms with Crippen LogP contribution in [0.15, 0.2) is 53.1 Å². The van der Waals surface area contributed by atoms with Gasteiger partial charge in [-0.15, -0.1) is 0 Å². The molecule has 0 atom stereocenters. The Balaban J connectivity index is 1.41. The van der Waals surface area contributed by atoms with E-state index in [1.54, 1.807) is 0 Å². The minimum atomic E-state index is -0.287. The van der Waals surface area contributed by atoms with Gasteiger partial charge in [-0.2, -0.15) is 4.98 Å². The van der Waals surface area contributed by atoms with Gasteiger partial charge in [-0.05, 0) is 47.6 Å². The molecule has 1 fully saturated rings. The van der Waals surface area contributed by atoms with Crippen molar-refractivity contribution >= 4 is 17.4 Å². The number of rotatable bonds is 5. The number of amides is 2. The molecule has 3 aromatic rings. The number of nitrogens with zero attached hydrogens (tertiary/aromatic N) is 2. The van der Waals surface area contributed by atoms with Gasteiger partial charge in [-0.25, -0.2) is 4.79 Å². The van der Waals surface area contributed by atoms with Crippen molar-refractivity contribution in [3.8, 4) is 0 Å². The number of benzene rings is 2. The first kappa shape index (κ1) is 19.2. The van der Waals surface area contributed by atoms with Crippen LogP contribution in [-0.4, -0.2) is 16.2 Å². The maximum absolute atomic E-state index is 12.5. The highest BCUT2D eigenvalue weighted by atomic mass is 16.5. The molecule has 0 spiro atoms. The maximum Gasteiger partial charge on any atom is 0.323 e. The Kier molecular flexibility index (Phi) is 5.09. The Morgan fingerprint density at radius 1 is 1.07 bits per heavy atom. The lowest BCUT2D eigenvalue weighted by atomic mass is 9.87. The molecule has 2 aromatic carbocycles. The third-order valence-electron chi connectivity index (χ3n) is 5.04. The summed E-state index contributed by atoms with van der Waals surface area (Å²) in [5.74, 6) is 1.82. The standard InChI is InChI=1S/C23H26N4O2/c1-23(2,3)17-10-12-18(13-11-17)24-22(28)25-19-7-5-4-6-16(19)14-20-26-21(27-29-20)15-8-9-15/h4-7,10-13,15H,8-9,14H2,1-3H3,(H2,24,25,28). The van der Waals surface area contributed by atoms with Crippen LogP contribution in [-0.2, 0) is 11.8 Å². The lowest BCUT2D eigenvalue weighted by Gasteiger charge is -2.19. The second kappa shape index (κ2) is 7.70. The number of hydrogen-bond donors (Lipinski definition) is 2. The van der Waals surface area contributed by atoms with Crippen LogP contribution in [0.4, 0.5) is 16.2 Å². The maximum atomic E-state index is 12.5. The van der Waals surface area contributed by atoms with Gasteiger partial charge >= 0.3 is 6.03 Å². The molecule has 150 valence electrons. The molecule has 29 heavy (non-hydrogen) atoms. The van der Waals surface area contributed by atoms with Crippen LogP contribution >= 0.6 is 0 Å². The van der Waals surface area contributed by atoms with E-state index in [1.165, 1.54) is 5.56 Å². The van der Waals surface area contributed by atoms with Crippen LogP contribution < -0.4 is 10.6 Å². The fraction of sp³-hybridized carbons (Fsp3) is 0.348. The number of para-hydroxylation sites is 1. The summed E-state index contributed by atoms with van der Waals surface area (Å²) in [7, 11) is 0. The van der Waals surface area contributed by atoms with E-state index in [-0.39, 0.29) is 11.4 Å². The molecule has 0 radical (unpaired) electrons.